The molecule has 7 heteroatoms. The molecular formula is C8H23O4PSSi. The van der Waals surface area contributed by atoms with Crippen LogP contribution in [0.25, 0.3) is 0 Å². The van der Waals surface area contributed by atoms with Crippen LogP contribution >= 0.6 is 18.5 Å². The Morgan fingerprint density at radius 1 is 1.27 bits per heavy atom. The first-order chi connectivity index (χ1) is 6.58. The van der Waals surface area contributed by atoms with Crippen LogP contribution in [0.2, 0.25) is 12.6 Å². The Balaban J connectivity index is 3.82. The summed E-state index contributed by atoms with van der Waals surface area (Å²) in [4.78, 5) is 9.75. The third-order valence-electron chi connectivity index (χ3n) is 2.10. The molecule has 0 aromatic heterocycles. The van der Waals surface area contributed by atoms with E-state index in [0.29, 0.717) is 6.61 Å². The van der Waals surface area contributed by atoms with Gasteiger partial charge in [0.15, 0.2) is 0 Å². The molecule has 4 nitrogen and oxygen atoms in total. The van der Waals surface area contributed by atoms with Crippen molar-refractivity contribution in [2.75, 3.05) is 34.2 Å². The van der Waals surface area contributed by atoms with Crippen LogP contribution in [0.5, 0.6) is 0 Å². The Bertz CT molecular complexity index is 193. The summed E-state index contributed by atoms with van der Waals surface area (Å²) in [6, 6.07) is 0.847. The van der Waals surface area contributed by atoms with Gasteiger partial charge < -0.3 is 0 Å². The van der Waals surface area contributed by atoms with Crippen LogP contribution in [0.1, 0.15) is 6.42 Å². The molecule has 0 bridgehead atoms. The van der Waals surface area contributed by atoms with Crippen LogP contribution in [0.15, 0.2) is 0 Å². The predicted molar refractivity (Wildman–Crippen MR) is 71.0 cm³/mol. The molecule has 1 N–H and O–H groups in total. The van der Waals surface area contributed by atoms with Gasteiger partial charge in [0.2, 0.25) is 0 Å². The summed E-state index contributed by atoms with van der Waals surface area (Å²) >= 11 is 4.12. The van der Waals surface area contributed by atoms with Gasteiger partial charge >= 0.3 is 98.5 Å². The van der Waals surface area contributed by atoms with Crippen molar-refractivity contribution in [1.82, 2.24) is 0 Å². The normalized spacial score (nSPS) is 16.1. The molecule has 0 atom stereocenters. The molecule has 0 amide bonds. The predicted octanol–water partition coefficient (Wildman–Crippen LogP) is 2.24. The van der Waals surface area contributed by atoms with Crippen molar-refractivity contribution in [2.45, 2.75) is 19.0 Å². The standard InChI is InChI=1S/C8H23O4PSSi/c1-10-15(5,11-2)8-6-7-12-13(3,4,9)14/h9,14H,6-8H2,1-5H3. The third-order valence-corrected chi connectivity index (χ3v) is 6.37. The molecule has 15 heavy (non-hydrogen) atoms. The first kappa shape index (κ1) is 15.8. The average molecular weight is 274 g/mol. The summed E-state index contributed by atoms with van der Waals surface area (Å²) in [7, 11) is 1.35. The van der Waals surface area contributed by atoms with Crippen molar-refractivity contribution in [3.05, 3.63) is 0 Å². The van der Waals surface area contributed by atoms with Crippen LogP contribution < -0.4 is 0 Å². The number of hydrogen-bond acceptors (Lipinski definition) is 5. The fourth-order valence-electron chi connectivity index (χ4n) is 1.01. The summed E-state index contributed by atoms with van der Waals surface area (Å²) < 4.78 is 16.0. The van der Waals surface area contributed by atoms with Gasteiger partial charge in [-0.2, -0.15) is 0 Å². The zero-order valence-electron chi connectivity index (χ0n) is 10.2. The van der Waals surface area contributed by atoms with Gasteiger partial charge in [0.1, 0.15) is 0 Å². The zero-order chi connectivity index (χ0) is 12.2. The van der Waals surface area contributed by atoms with Crippen molar-refractivity contribution in [2.24, 2.45) is 0 Å². The van der Waals surface area contributed by atoms with Gasteiger partial charge in [0.05, 0.1) is 0 Å². The topological polar surface area (TPSA) is 47.9 Å². The van der Waals surface area contributed by atoms with Gasteiger partial charge in [-0.15, -0.1) is 0 Å². The molecule has 0 aromatic carbocycles. The molecule has 0 rings (SSSR count). The molecule has 0 aromatic rings. The van der Waals surface area contributed by atoms with Crippen molar-refractivity contribution in [1.29, 1.82) is 0 Å². The van der Waals surface area contributed by atoms with E-state index in [4.69, 9.17) is 13.4 Å². The summed E-state index contributed by atoms with van der Waals surface area (Å²) in [6.07, 6.45) is -2.29. The summed E-state index contributed by atoms with van der Waals surface area (Å²) in [6.45, 7) is 5.76. The van der Waals surface area contributed by atoms with E-state index in [9.17, 15) is 4.89 Å². The van der Waals surface area contributed by atoms with Crippen LogP contribution in [-0.2, 0) is 13.4 Å². The second-order valence-corrected chi connectivity index (χ2v) is 15.3. The number of thiol groups is 1. The van der Waals surface area contributed by atoms with E-state index < -0.39 is 14.8 Å². The van der Waals surface area contributed by atoms with E-state index in [1.807, 2.05) is 6.55 Å². The van der Waals surface area contributed by atoms with Gasteiger partial charge in [-0.05, 0) is 0 Å². The maximum absolute atomic E-state index is 9.75. The van der Waals surface area contributed by atoms with Crippen LogP contribution in [-0.4, -0.2) is 47.6 Å². The Labute approximate surface area is 98.8 Å². The SMILES string of the molecule is CO[Si](C)(CCCOP(C)(C)(O)S)OC. The van der Waals surface area contributed by atoms with Crippen molar-refractivity contribution in [3.63, 3.8) is 0 Å². The average Bonchev–Trinajstić information content (AvgIpc) is 2.10. The molecular weight excluding hydrogens is 251 g/mol. The Kier molecular flexibility index (Phi) is 5.75. The van der Waals surface area contributed by atoms with E-state index >= 15 is 0 Å². The van der Waals surface area contributed by atoms with Gasteiger partial charge in [-0.1, -0.05) is 0 Å². The number of hydrogen-bond donors (Lipinski definition) is 2. The molecule has 0 radical (unpaired) electrons. The summed E-state index contributed by atoms with van der Waals surface area (Å²) in [5.41, 5.74) is 0. The molecule has 0 saturated heterocycles. The molecule has 0 heterocycles. The molecule has 0 aliphatic carbocycles. The van der Waals surface area contributed by atoms with Crippen molar-refractivity contribution >= 4 is 27.1 Å². The van der Waals surface area contributed by atoms with E-state index in [1.54, 1.807) is 27.5 Å². The molecule has 0 spiro atoms. The third kappa shape index (κ3) is 8.62. The van der Waals surface area contributed by atoms with E-state index in [-0.39, 0.29) is 0 Å². The van der Waals surface area contributed by atoms with Crippen molar-refractivity contribution in [3.8, 4) is 0 Å². The molecule has 0 unspecified atom stereocenters. The molecule has 0 saturated carbocycles. The van der Waals surface area contributed by atoms with Gasteiger partial charge in [0.25, 0.3) is 0 Å². The molecule has 0 aliphatic rings. The summed E-state index contributed by atoms with van der Waals surface area (Å²) in [5.74, 6) is 0. The molecule has 94 valence electrons. The number of rotatable bonds is 7. The molecule has 0 fully saturated rings. The fourth-order valence-corrected chi connectivity index (χ4v) is 3.27. The van der Waals surface area contributed by atoms with Gasteiger partial charge in [-0.25, -0.2) is 0 Å². The Morgan fingerprint density at radius 3 is 2.07 bits per heavy atom. The van der Waals surface area contributed by atoms with E-state index in [2.05, 4.69) is 12.2 Å². The fraction of sp³-hybridized carbons (Fsp3) is 1.00. The molecule has 0 aliphatic heterocycles. The van der Waals surface area contributed by atoms with Crippen LogP contribution in [0.4, 0.5) is 0 Å². The van der Waals surface area contributed by atoms with Crippen molar-refractivity contribution < 1.29 is 18.3 Å². The Morgan fingerprint density at radius 2 is 1.73 bits per heavy atom. The minimum absolute atomic E-state index is 0.486. The van der Waals surface area contributed by atoms with Gasteiger partial charge in [-0.3, -0.25) is 0 Å². The van der Waals surface area contributed by atoms with Crippen LogP contribution in [0, 0.1) is 0 Å². The van der Waals surface area contributed by atoms with Gasteiger partial charge in [0, 0.05) is 0 Å². The quantitative estimate of drug-likeness (QED) is 0.323. The second-order valence-electron chi connectivity index (χ2n) is 4.34. The van der Waals surface area contributed by atoms with E-state index in [1.165, 1.54) is 0 Å². The monoisotopic (exact) mass is 274 g/mol. The van der Waals surface area contributed by atoms with E-state index in [0.717, 1.165) is 12.5 Å². The zero-order valence-corrected chi connectivity index (χ0v) is 13.0. The van der Waals surface area contributed by atoms with Crippen LogP contribution in [0.3, 0.4) is 0 Å². The minimum atomic E-state index is -3.10. The Hall–Kier alpha value is 0.837. The maximum atomic E-state index is 9.75. The first-order valence-electron chi connectivity index (χ1n) is 4.84. The summed E-state index contributed by atoms with van der Waals surface area (Å²) in [5, 5.41) is 0. The second kappa shape index (κ2) is 5.45. The first-order valence-corrected chi connectivity index (χ1v) is 11.5.